The van der Waals surface area contributed by atoms with Crippen molar-refractivity contribution in [3.8, 4) is 11.1 Å². The molecule has 0 spiro atoms. The molecule has 9 heteroatoms. The third kappa shape index (κ3) is 5.21. The van der Waals surface area contributed by atoms with E-state index in [-0.39, 0.29) is 18.9 Å². The third-order valence-electron chi connectivity index (χ3n) is 5.41. The van der Waals surface area contributed by atoms with Crippen LogP contribution >= 0.6 is 0 Å². The highest BCUT2D eigenvalue weighted by Crippen LogP contribution is 2.44. The normalized spacial score (nSPS) is 13.0. The second-order valence-electron chi connectivity index (χ2n) is 7.57. The topological polar surface area (TPSA) is 130 Å². The first-order valence-corrected chi connectivity index (χ1v) is 10.4. The Labute approximate surface area is 189 Å². The number of nitrogens with one attached hydrogen (secondary N) is 3. The minimum Gasteiger partial charge on any atom is -0.479 e. The second-order valence-corrected chi connectivity index (χ2v) is 7.57. The van der Waals surface area contributed by atoms with Gasteiger partial charge in [0.05, 0.1) is 0 Å². The Kier molecular flexibility index (Phi) is 6.70. The first-order valence-electron chi connectivity index (χ1n) is 10.4. The molecule has 170 valence electrons. The Morgan fingerprint density at radius 2 is 1.64 bits per heavy atom. The van der Waals surface area contributed by atoms with Gasteiger partial charge in [0.15, 0.2) is 6.61 Å². The van der Waals surface area contributed by atoms with E-state index >= 15 is 0 Å². The summed E-state index contributed by atoms with van der Waals surface area (Å²) in [7, 11) is 0. The lowest BCUT2D eigenvalue weighted by molar-refractivity contribution is -0.150. The number of amides is 2. The number of hydroxylamine groups is 1. The van der Waals surface area contributed by atoms with E-state index < -0.39 is 30.6 Å². The van der Waals surface area contributed by atoms with Crippen LogP contribution in [-0.4, -0.2) is 47.3 Å². The molecule has 0 bridgehead atoms. The van der Waals surface area contributed by atoms with E-state index in [9.17, 15) is 14.4 Å². The molecule has 2 amide bonds. The highest BCUT2D eigenvalue weighted by atomic mass is 16.7. The number of hydrogen-bond donors (Lipinski definition) is 4. The standard InChI is InChI=1S/C24H23N3O6/c28-22(29)14-33-27-23(30)21(12-15-6-5-11-25-15)26-24(31)32-13-20-18-9-3-1-7-16(18)17-8-2-4-10-19(17)20/h1-11,20-21,25H,12-14H2,(H,26,31)(H,27,30)(H,28,29). The van der Waals surface area contributed by atoms with Gasteiger partial charge < -0.3 is 20.1 Å². The van der Waals surface area contributed by atoms with Gasteiger partial charge in [-0.3, -0.25) is 9.63 Å². The van der Waals surface area contributed by atoms with Gasteiger partial charge in [-0.1, -0.05) is 48.5 Å². The highest BCUT2D eigenvalue weighted by Gasteiger charge is 2.30. The maximum absolute atomic E-state index is 12.6. The molecule has 0 saturated carbocycles. The van der Waals surface area contributed by atoms with E-state index in [0.29, 0.717) is 5.69 Å². The molecule has 0 fully saturated rings. The number of aliphatic carboxylic acids is 1. The van der Waals surface area contributed by atoms with Crippen molar-refractivity contribution in [3.05, 3.63) is 83.7 Å². The predicted molar refractivity (Wildman–Crippen MR) is 118 cm³/mol. The Morgan fingerprint density at radius 3 is 2.24 bits per heavy atom. The van der Waals surface area contributed by atoms with Crippen molar-refractivity contribution in [2.45, 2.75) is 18.4 Å². The summed E-state index contributed by atoms with van der Waals surface area (Å²) in [5.74, 6) is -2.04. The average molecular weight is 449 g/mol. The molecule has 1 unspecified atom stereocenters. The van der Waals surface area contributed by atoms with Crippen molar-refractivity contribution < 1.29 is 29.1 Å². The number of carboxylic acid groups (broad SMARTS) is 1. The van der Waals surface area contributed by atoms with Crippen molar-refractivity contribution >= 4 is 18.0 Å². The van der Waals surface area contributed by atoms with Gasteiger partial charge in [0.1, 0.15) is 12.6 Å². The van der Waals surface area contributed by atoms with Crippen molar-refractivity contribution in [2.24, 2.45) is 0 Å². The zero-order valence-electron chi connectivity index (χ0n) is 17.6. The summed E-state index contributed by atoms with van der Waals surface area (Å²) in [4.78, 5) is 43.3. The Bertz CT molecular complexity index is 1100. The van der Waals surface area contributed by atoms with Crippen LogP contribution in [0.4, 0.5) is 4.79 Å². The molecule has 1 atom stereocenters. The van der Waals surface area contributed by atoms with E-state index in [1.165, 1.54) is 0 Å². The number of rotatable bonds is 9. The van der Waals surface area contributed by atoms with Crippen LogP contribution in [0.3, 0.4) is 0 Å². The van der Waals surface area contributed by atoms with E-state index in [1.807, 2.05) is 48.5 Å². The smallest absolute Gasteiger partial charge is 0.407 e. The number of carbonyl (C=O) groups is 3. The summed E-state index contributed by atoms with van der Waals surface area (Å²) in [5, 5.41) is 11.2. The summed E-state index contributed by atoms with van der Waals surface area (Å²) in [6.45, 7) is -0.599. The fraction of sp³-hybridized carbons (Fsp3) is 0.208. The Balaban J connectivity index is 1.41. The molecule has 3 aromatic rings. The molecule has 1 aliphatic carbocycles. The monoisotopic (exact) mass is 449 g/mol. The number of ether oxygens (including phenoxy) is 1. The summed E-state index contributed by atoms with van der Waals surface area (Å²) in [6.07, 6.45) is 1.07. The predicted octanol–water partition coefficient (Wildman–Crippen LogP) is 2.60. The summed E-state index contributed by atoms with van der Waals surface area (Å²) < 4.78 is 5.51. The number of hydrogen-bond acceptors (Lipinski definition) is 5. The quantitative estimate of drug-likeness (QED) is 0.372. The summed E-state index contributed by atoms with van der Waals surface area (Å²) in [5.41, 5.74) is 7.13. The SMILES string of the molecule is O=C(O)CONC(=O)C(Cc1ccc[nH]1)NC(=O)OCC1c2ccccc2-c2ccccc21. The Morgan fingerprint density at radius 1 is 0.970 bits per heavy atom. The van der Waals surface area contributed by atoms with E-state index in [1.54, 1.807) is 18.3 Å². The lowest BCUT2D eigenvalue weighted by Crippen LogP contribution is -2.48. The van der Waals surface area contributed by atoms with Gasteiger partial charge in [-0.2, -0.15) is 0 Å². The van der Waals surface area contributed by atoms with Crippen LogP contribution in [0.2, 0.25) is 0 Å². The maximum atomic E-state index is 12.6. The molecular weight excluding hydrogens is 426 g/mol. The highest BCUT2D eigenvalue weighted by molar-refractivity contribution is 5.85. The zero-order chi connectivity index (χ0) is 23.2. The van der Waals surface area contributed by atoms with Gasteiger partial charge in [0.25, 0.3) is 5.91 Å². The fourth-order valence-electron chi connectivity index (χ4n) is 3.95. The summed E-state index contributed by atoms with van der Waals surface area (Å²) >= 11 is 0. The third-order valence-corrected chi connectivity index (χ3v) is 5.41. The number of alkyl carbamates (subject to hydrolysis) is 1. The van der Waals surface area contributed by atoms with E-state index in [2.05, 4.69) is 20.6 Å². The van der Waals surface area contributed by atoms with Gasteiger partial charge >= 0.3 is 12.1 Å². The largest absolute Gasteiger partial charge is 0.479 e. The number of aromatic nitrogens is 1. The molecule has 9 nitrogen and oxygen atoms in total. The molecule has 1 heterocycles. The minimum atomic E-state index is -1.24. The molecule has 2 aromatic carbocycles. The number of H-pyrrole nitrogens is 1. The molecule has 1 aliphatic rings. The first-order chi connectivity index (χ1) is 16.0. The molecule has 4 N–H and O–H groups in total. The lowest BCUT2D eigenvalue weighted by Gasteiger charge is -2.19. The van der Waals surface area contributed by atoms with Crippen LogP contribution in [0.5, 0.6) is 0 Å². The first kappa shape index (κ1) is 22.1. The van der Waals surface area contributed by atoms with Crippen molar-refractivity contribution in [2.75, 3.05) is 13.2 Å². The number of aromatic amines is 1. The second kappa shape index (κ2) is 10.0. The molecule has 1 aromatic heterocycles. The molecule has 0 radical (unpaired) electrons. The van der Waals surface area contributed by atoms with Crippen LogP contribution in [0.15, 0.2) is 66.9 Å². The minimum absolute atomic E-state index is 0.103. The number of carboxylic acids is 1. The zero-order valence-corrected chi connectivity index (χ0v) is 17.6. The molecule has 0 saturated heterocycles. The number of benzene rings is 2. The van der Waals surface area contributed by atoms with Gasteiger partial charge in [0, 0.05) is 24.2 Å². The molecule has 0 aliphatic heterocycles. The van der Waals surface area contributed by atoms with Crippen molar-refractivity contribution in [1.82, 2.24) is 15.8 Å². The Hall–Kier alpha value is -4.11. The lowest BCUT2D eigenvalue weighted by atomic mass is 9.98. The number of fused-ring (bicyclic) bond motifs is 3. The van der Waals surface area contributed by atoms with Crippen molar-refractivity contribution in [1.29, 1.82) is 0 Å². The van der Waals surface area contributed by atoms with Gasteiger partial charge in [-0.25, -0.2) is 15.1 Å². The fourth-order valence-corrected chi connectivity index (χ4v) is 3.95. The summed E-state index contributed by atoms with van der Waals surface area (Å²) in [6, 6.07) is 18.5. The molecular formula is C24H23N3O6. The van der Waals surface area contributed by atoms with Crippen LogP contribution in [0.1, 0.15) is 22.7 Å². The van der Waals surface area contributed by atoms with Crippen LogP contribution in [0, 0.1) is 0 Å². The average Bonchev–Trinajstić information content (AvgIpc) is 3.43. The maximum Gasteiger partial charge on any atom is 0.407 e. The van der Waals surface area contributed by atoms with E-state index in [4.69, 9.17) is 9.84 Å². The van der Waals surface area contributed by atoms with Crippen molar-refractivity contribution in [3.63, 3.8) is 0 Å². The molecule has 4 rings (SSSR count). The number of carbonyl (C=O) groups excluding carboxylic acids is 2. The van der Waals surface area contributed by atoms with Crippen LogP contribution < -0.4 is 10.8 Å². The van der Waals surface area contributed by atoms with Crippen LogP contribution in [0.25, 0.3) is 11.1 Å². The van der Waals surface area contributed by atoms with E-state index in [0.717, 1.165) is 22.3 Å². The molecule has 33 heavy (non-hydrogen) atoms. The van der Waals surface area contributed by atoms with Gasteiger partial charge in [0.2, 0.25) is 0 Å². The van der Waals surface area contributed by atoms with Crippen LogP contribution in [-0.2, 0) is 25.6 Å². The van der Waals surface area contributed by atoms with Gasteiger partial charge in [-0.05, 0) is 34.4 Å². The van der Waals surface area contributed by atoms with Gasteiger partial charge in [-0.15, -0.1) is 0 Å².